The molecule has 3 aromatic rings. The fourth-order valence-electron chi connectivity index (χ4n) is 5.03. The average Bonchev–Trinajstić information content (AvgIpc) is 3.37. The van der Waals surface area contributed by atoms with Gasteiger partial charge < -0.3 is 30.6 Å². The maximum Gasteiger partial charge on any atom is 0.224 e. The third-order valence-electron chi connectivity index (χ3n) is 7.48. The molecule has 1 aliphatic rings. The third-order valence-corrected chi connectivity index (χ3v) is 8.08. The molecule has 226 valence electrons. The van der Waals surface area contributed by atoms with Crippen molar-refractivity contribution in [2.24, 2.45) is 0 Å². The molecule has 4 atom stereocenters. The Morgan fingerprint density at radius 3 is 2.49 bits per heavy atom. The fourth-order valence-corrected chi connectivity index (χ4v) is 5.64. The number of benzene rings is 1. The van der Waals surface area contributed by atoms with Gasteiger partial charge in [-0.2, -0.15) is 0 Å². The van der Waals surface area contributed by atoms with Gasteiger partial charge in [-0.25, -0.2) is 9.97 Å². The molecule has 5 N–H and O–H groups in total. The van der Waals surface area contributed by atoms with Crippen molar-refractivity contribution < 1.29 is 19.7 Å². The van der Waals surface area contributed by atoms with Crippen molar-refractivity contribution in [3.8, 4) is 0 Å². The Balaban J connectivity index is 0.00000462. The lowest BCUT2D eigenvalue weighted by Gasteiger charge is -2.30. The molecule has 1 amide bonds. The molecule has 0 radical (unpaired) electrons. The van der Waals surface area contributed by atoms with E-state index >= 15 is 0 Å². The van der Waals surface area contributed by atoms with Gasteiger partial charge in [0.1, 0.15) is 36.1 Å². The van der Waals surface area contributed by atoms with Crippen molar-refractivity contribution in [1.82, 2.24) is 19.4 Å². The molecular formula is C29H42BrClN6O4. The number of aromatic nitrogens is 3. The van der Waals surface area contributed by atoms with Gasteiger partial charge in [0.15, 0.2) is 6.23 Å². The largest absolute Gasteiger partial charge is 0.387 e. The number of halogens is 2. The Morgan fingerprint density at radius 2 is 1.85 bits per heavy atom. The second-order valence-corrected chi connectivity index (χ2v) is 12.7. The molecule has 0 saturated carbocycles. The van der Waals surface area contributed by atoms with Crippen LogP contribution in [0.25, 0.3) is 11.0 Å². The van der Waals surface area contributed by atoms with E-state index in [1.54, 1.807) is 10.8 Å². The van der Waals surface area contributed by atoms with Crippen molar-refractivity contribution in [3.63, 3.8) is 0 Å². The van der Waals surface area contributed by atoms with E-state index in [-0.39, 0.29) is 29.8 Å². The molecule has 0 unspecified atom stereocenters. The highest BCUT2D eigenvalue weighted by Gasteiger charge is 2.45. The predicted octanol–water partition coefficient (Wildman–Crippen LogP) is 4.63. The summed E-state index contributed by atoms with van der Waals surface area (Å²) in [4.78, 5) is 23.0. The Morgan fingerprint density at radius 1 is 1.17 bits per heavy atom. The van der Waals surface area contributed by atoms with E-state index in [1.807, 2.05) is 12.1 Å². The number of nitrogens with zero attached hydrogens (tertiary/aromatic N) is 4. The molecule has 1 fully saturated rings. The molecule has 41 heavy (non-hydrogen) atoms. The first-order valence-electron chi connectivity index (χ1n) is 13.8. The quantitative estimate of drug-likeness (QED) is 0.232. The third kappa shape index (κ3) is 7.77. The van der Waals surface area contributed by atoms with Crippen LogP contribution < -0.4 is 11.1 Å². The first-order chi connectivity index (χ1) is 18.9. The molecule has 2 aromatic heterocycles. The molecule has 1 aromatic carbocycles. The average molecular weight is 654 g/mol. The number of amides is 1. The number of hydrogen-bond donors (Lipinski definition) is 4. The van der Waals surface area contributed by atoms with Crippen molar-refractivity contribution in [2.45, 2.75) is 89.9 Å². The number of anilines is 2. The number of aliphatic hydroxyl groups excluding tert-OH is 2. The number of carbonyl (C=O) groups is 1. The topological polar surface area (TPSA) is 139 Å². The van der Waals surface area contributed by atoms with Gasteiger partial charge in [0.25, 0.3) is 0 Å². The molecule has 0 spiro atoms. The number of carbonyl (C=O) groups excluding carboxylic acids is 1. The van der Waals surface area contributed by atoms with E-state index in [0.717, 1.165) is 25.1 Å². The van der Waals surface area contributed by atoms with E-state index in [0.29, 0.717) is 34.3 Å². The summed E-state index contributed by atoms with van der Waals surface area (Å²) in [6.45, 7) is 11.8. The van der Waals surface area contributed by atoms with Crippen molar-refractivity contribution in [3.05, 3.63) is 46.8 Å². The number of nitrogen functional groups attached to an aromatic ring is 1. The summed E-state index contributed by atoms with van der Waals surface area (Å²) in [6.07, 6.45) is 1.44. The SMILES string of the molecule is CC(C)N(CCCCC(=O)Nc1ccc(C(C)(C)C)cc1)C[C@H]1O[C@@H](n2cc(Br)c3c(N)ncnc32)[C@H](O)[C@@H]1O.Cl. The van der Waals surface area contributed by atoms with Gasteiger partial charge in [0.05, 0.1) is 5.39 Å². The highest BCUT2D eigenvalue weighted by atomic mass is 79.9. The van der Waals surface area contributed by atoms with E-state index in [1.165, 1.54) is 11.9 Å². The number of fused-ring (bicyclic) bond motifs is 1. The zero-order valence-electron chi connectivity index (χ0n) is 24.2. The predicted molar refractivity (Wildman–Crippen MR) is 167 cm³/mol. The van der Waals surface area contributed by atoms with Crippen LogP contribution in [0.3, 0.4) is 0 Å². The molecule has 1 aliphatic heterocycles. The maximum atomic E-state index is 12.5. The molecule has 1 saturated heterocycles. The van der Waals surface area contributed by atoms with Crippen LogP contribution in [-0.2, 0) is 14.9 Å². The molecule has 12 heteroatoms. The smallest absolute Gasteiger partial charge is 0.224 e. The molecule has 0 aliphatic carbocycles. The van der Waals surface area contributed by atoms with Crippen molar-refractivity contribution in [2.75, 3.05) is 24.1 Å². The fraction of sp³-hybridized carbons (Fsp3) is 0.552. The minimum absolute atomic E-state index is 0. The molecule has 10 nitrogen and oxygen atoms in total. The monoisotopic (exact) mass is 652 g/mol. The van der Waals surface area contributed by atoms with E-state index < -0.39 is 24.5 Å². The second kappa shape index (κ2) is 13.8. The summed E-state index contributed by atoms with van der Waals surface area (Å²) in [5.41, 5.74) is 8.63. The van der Waals surface area contributed by atoms with Crippen LogP contribution >= 0.6 is 28.3 Å². The summed E-state index contributed by atoms with van der Waals surface area (Å²) in [7, 11) is 0. The number of rotatable bonds is 10. The first-order valence-corrected chi connectivity index (χ1v) is 14.6. The first kappa shape index (κ1) is 33.2. The number of nitrogens with one attached hydrogen (secondary N) is 1. The zero-order valence-corrected chi connectivity index (χ0v) is 26.7. The van der Waals surface area contributed by atoms with Gasteiger partial charge in [-0.3, -0.25) is 9.69 Å². The summed E-state index contributed by atoms with van der Waals surface area (Å²) in [6, 6.07) is 8.20. The van der Waals surface area contributed by atoms with Gasteiger partial charge in [0.2, 0.25) is 5.91 Å². The highest BCUT2D eigenvalue weighted by Crippen LogP contribution is 2.36. The highest BCUT2D eigenvalue weighted by molar-refractivity contribution is 9.10. The number of unbranched alkanes of at least 4 members (excludes halogenated alkanes) is 1. The lowest BCUT2D eigenvalue weighted by molar-refractivity contribution is -0.116. The molecule has 0 bridgehead atoms. The van der Waals surface area contributed by atoms with E-state index in [4.69, 9.17) is 10.5 Å². The van der Waals surface area contributed by atoms with Crippen LogP contribution in [0.2, 0.25) is 0 Å². The van der Waals surface area contributed by atoms with Crippen molar-refractivity contribution >= 4 is 56.8 Å². The Labute approximate surface area is 256 Å². The van der Waals surface area contributed by atoms with Crippen molar-refractivity contribution in [1.29, 1.82) is 0 Å². The summed E-state index contributed by atoms with van der Waals surface area (Å²) in [5.74, 6) is 0.313. The molecule has 4 rings (SSSR count). The van der Waals surface area contributed by atoms with E-state index in [9.17, 15) is 15.0 Å². The normalized spacial score (nSPS) is 21.0. The van der Waals surface area contributed by atoms with Gasteiger partial charge in [-0.05, 0) is 72.3 Å². The van der Waals surface area contributed by atoms with Crippen LogP contribution in [0.4, 0.5) is 11.5 Å². The maximum absolute atomic E-state index is 12.5. The Hall–Kier alpha value is -2.28. The van der Waals surface area contributed by atoms with Crippen LogP contribution in [-0.4, -0.2) is 73.0 Å². The summed E-state index contributed by atoms with van der Waals surface area (Å²) >= 11 is 3.48. The van der Waals surface area contributed by atoms with Crippen LogP contribution in [0.5, 0.6) is 0 Å². The summed E-state index contributed by atoms with van der Waals surface area (Å²) in [5, 5.41) is 25.3. The lowest BCUT2D eigenvalue weighted by Crippen LogP contribution is -2.43. The van der Waals surface area contributed by atoms with Gasteiger partial charge in [-0.15, -0.1) is 12.4 Å². The number of ether oxygens (including phenoxy) is 1. The molecule has 3 heterocycles. The number of nitrogens with two attached hydrogens (primary N) is 1. The Kier molecular flexibility index (Phi) is 11.2. The zero-order chi connectivity index (χ0) is 29.2. The molecular weight excluding hydrogens is 612 g/mol. The van der Waals surface area contributed by atoms with Crippen LogP contribution in [0.1, 0.15) is 65.7 Å². The summed E-state index contributed by atoms with van der Waals surface area (Å²) < 4.78 is 8.55. The standard InChI is InChI=1S/C29H41BrN6O4.ClH/c1-17(2)35(13-7-6-8-22(37)34-19-11-9-18(10-12-19)29(3,4)5)15-21-24(38)25(39)28(40-21)36-14-20(30)23-26(31)32-16-33-27(23)36;/h9-12,14,16-17,21,24-25,28,38-39H,6-8,13,15H2,1-5H3,(H,34,37)(H2,31,32,33);1H/t21-,24-,25-,28-;/m1./s1. The van der Waals surface area contributed by atoms with Gasteiger partial charge in [0, 0.05) is 35.4 Å². The van der Waals surface area contributed by atoms with Gasteiger partial charge in [-0.1, -0.05) is 32.9 Å². The second-order valence-electron chi connectivity index (χ2n) is 11.8. The van der Waals surface area contributed by atoms with Crippen LogP contribution in [0.15, 0.2) is 41.3 Å². The van der Waals surface area contributed by atoms with Crippen LogP contribution in [0, 0.1) is 0 Å². The minimum atomic E-state index is -1.14. The minimum Gasteiger partial charge on any atom is -0.387 e. The number of hydrogen-bond acceptors (Lipinski definition) is 8. The Bertz CT molecular complexity index is 1310. The lowest BCUT2D eigenvalue weighted by atomic mass is 9.87. The van der Waals surface area contributed by atoms with E-state index in [2.05, 4.69) is 82.9 Å². The number of aliphatic hydroxyl groups is 2. The van der Waals surface area contributed by atoms with Gasteiger partial charge >= 0.3 is 0 Å².